The molecular formula is C21H22F2N2O4. The van der Waals surface area contributed by atoms with Crippen molar-refractivity contribution in [3.63, 3.8) is 0 Å². The van der Waals surface area contributed by atoms with E-state index in [4.69, 9.17) is 5.73 Å². The maximum absolute atomic E-state index is 12.3. The lowest BCUT2D eigenvalue weighted by atomic mass is 10.1. The number of carboxylic acid groups (broad SMARTS) is 1. The molecule has 1 amide bonds. The Morgan fingerprint density at radius 2 is 1.72 bits per heavy atom. The molecule has 154 valence electrons. The Kier molecular flexibility index (Phi) is 6.93. The molecule has 1 heterocycles. The summed E-state index contributed by atoms with van der Waals surface area (Å²) in [5.74, 6) is -3.31. The maximum atomic E-state index is 12.3. The average Bonchev–Trinajstić information content (AvgIpc) is 2.90. The van der Waals surface area contributed by atoms with Crippen LogP contribution < -0.4 is 5.73 Å². The molecule has 0 atom stereocenters. The molecule has 0 aliphatic rings. The van der Waals surface area contributed by atoms with Crippen LogP contribution in [-0.4, -0.2) is 26.7 Å². The first-order chi connectivity index (χ1) is 13.6. The van der Waals surface area contributed by atoms with Crippen molar-refractivity contribution in [3.8, 4) is 5.75 Å². The van der Waals surface area contributed by atoms with Crippen molar-refractivity contribution in [2.24, 2.45) is 5.73 Å². The van der Waals surface area contributed by atoms with Gasteiger partial charge in [0.1, 0.15) is 17.4 Å². The molecule has 0 saturated heterocycles. The summed E-state index contributed by atoms with van der Waals surface area (Å²) in [6, 6.07) is 7.33. The number of rotatable bonds is 5. The summed E-state index contributed by atoms with van der Waals surface area (Å²) in [5.41, 5.74) is 6.52. The molecule has 0 saturated carbocycles. The Morgan fingerprint density at radius 1 is 1.10 bits per heavy atom. The van der Waals surface area contributed by atoms with E-state index < -0.39 is 23.5 Å². The third-order valence-electron chi connectivity index (χ3n) is 4.40. The monoisotopic (exact) mass is 404 g/mol. The van der Waals surface area contributed by atoms with Gasteiger partial charge in [0.05, 0.1) is 5.56 Å². The topological polar surface area (TPSA) is 106 Å². The largest absolute Gasteiger partial charge is 0.508 e. The summed E-state index contributed by atoms with van der Waals surface area (Å²) in [6.07, 6.45) is 2.06. The van der Waals surface area contributed by atoms with Gasteiger partial charge in [-0.2, -0.15) is 0 Å². The number of nitrogens with two attached hydrogens (primary N) is 1. The number of aryl methyl sites for hydroxylation is 1. The number of phenols is 1. The fourth-order valence-electron chi connectivity index (χ4n) is 3.04. The van der Waals surface area contributed by atoms with E-state index in [-0.39, 0.29) is 16.9 Å². The number of aromatic nitrogens is 1. The minimum atomic E-state index is -0.946. The van der Waals surface area contributed by atoms with Crippen molar-refractivity contribution in [2.45, 2.75) is 33.2 Å². The minimum absolute atomic E-state index is 0.0950. The van der Waals surface area contributed by atoms with Crippen LogP contribution in [0.25, 0.3) is 10.9 Å². The van der Waals surface area contributed by atoms with Gasteiger partial charge in [-0.15, -0.1) is 0 Å². The molecule has 3 rings (SSSR count). The van der Waals surface area contributed by atoms with Crippen molar-refractivity contribution in [2.75, 3.05) is 0 Å². The number of carboxylic acids is 1. The van der Waals surface area contributed by atoms with Crippen molar-refractivity contribution >= 4 is 22.8 Å². The molecule has 0 aliphatic carbocycles. The van der Waals surface area contributed by atoms with Crippen LogP contribution in [0.2, 0.25) is 0 Å². The Bertz CT molecular complexity index is 1040. The highest BCUT2D eigenvalue weighted by molar-refractivity contribution is 6.05. The van der Waals surface area contributed by atoms with E-state index in [0.29, 0.717) is 11.5 Å². The molecule has 6 nitrogen and oxygen atoms in total. The molecular weight excluding hydrogens is 382 g/mol. The number of halogens is 2. The van der Waals surface area contributed by atoms with Crippen LogP contribution in [0, 0.1) is 18.6 Å². The van der Waals surface area contributed by atoms with Gasteiger partial charge >= 0.3 is 5.97 Å². The van der Waals surface area contributed by atoms with Gasteiger partial charge in [-0.25, -0.2) is 13.6 Å². The highest BCUT2D eigenvalue weighted by Crippen LogP contribution is 2.29. The fraction of sp³-hybridized carbons (Fsp3) is 0.238. The second-order valence-electron chi connectivity index (χ2n) is 6.49. The first kappa shape index (κ1) is 21.9. The van der Waals surface area contributed by atoms with Gasteiger partial charge in [0, 0.05) is 34.8 Å². The van der Waals surface area contributed by atoms with Crippen LogP contribution >= 0.6 is 0 Å². The first-order valence-electron chi connectivity index (χ1n) is 8.96. The summed E-state index contributed by atoms with van der Waals surface area (Å²) in [6.45, 7) is 4.72. The van der Waals surface area contributed by atoms with Crippen LogP contribution in [-0.2, 0) is 6.54 Å². The number of nitrogens with zero attached hydrogens (tertiary/aromatic N) is 1. The van der Waals surface area contributed by atoms with Crippen LogP contribution in [0.3, 0.4) is 0 Å². The van der Waals surface area contributed by atoms with Crippen LogP contribution in [0.1, 0.15) is 46.2 Å². The van der Waals surface area contributed by atoms with E-state index in [1.165, 1.54) is 6.07 Å². The summed E-state index contributed by atoms with van der Waals surface area (Å²) in [5, 5.41) is 19.4. The van der Waals surface area contributed by atoms with Crippen molar-refractivity contribution in [1.29, 1.82) is 0 Å². The van der Waals surface area contributed by atoms with Gasteiger partial charge in [-0.3, -0.25) is 4.79 Å². The minimum Gasteiger partial charge on any atom is -0.508 e. The number of aromatic hydroxyl groups is 1. The maximum Gasteiger partial charge on any atom is 0.338 e. The summed E-state index contributed by atoms with van der Waals surface area (Å²) < 4.78 is 26.7. The highest BCUT2D eigenvalue weighted by Gasteiger charge is 2.19. The Morgan fingerprint density at radius 3 is 2.24 bits per heavy atom. The van der Waals surface area contributed by atoms with Crippen molar-refractivity contribution in [1.82, 2.24) is 4.57 Å². The molecule has 0 spiro atoms. The van der Waals surface area contributed by atoms with Crippen LogP contribution in [0.4, 0.5) is 8.78 Å². The number of unbranched alkanes of at least 4 members (excludes halogenated alkanes) is 1. The molecule has 0 radical (unpaired) electrons. The molecule has 3 aromatic rings. The highest BCUT2D eigenvalue weighted by atomic mass is 19.1. The van der Waals surface area contributed by atoms with E-state index in [1.54, 1.807) is 12.1 Å². The number of aromatic carboxylic acids is 1. The predicted octanol–water partition coefficient (Wildman–Crippen LogP) is 4.22. The number of fused-ring (bicyclic) bond motifs is 1. The molecule has 4 N–H and O–H groups in total. The average molecular weight is 404 g/mol. The van der Waals surface area contributed by atoms with Gasteiger partial charge in [-0.1, -0.05) is 13.3 Å². The Hall–Kier alpha value is -3.42. The molecule has 8 heteroatoms. The van der Waals surface area contributed by atoms with Gasteiger partial charge < -0.3 is 20.5 Å². The molecule has 0 aliphatic heterocycles. The fourth-order valence-corrected chi connectivity index (χ4v) is 3.04. The van der Waals surface area contributed by atoms with Gasteiger partial charge in [-0.05, 0) is 43.7 Å². The quantitative estimate of drug-likeness (QED) is 0.592. The molecule has 1 aromatic heterocycles. The number of amides is 1. The summed E-state index contributed by atoms with van der Waals surface area (Å²) in [4.78, 5) is 21.7. The van der Waals surface area contributed by atoms with Crippen LogP contribution in [0.15, 0.2) is 36.4 Å². The van der Waals surface area contributed by atoms with Gasteiger partial charge in [0.2, 0.25) is 5.91 Å². The predicted molar refractivity (Wildman–Crippen MR) is 105 cm³/mol. The molecule has 0 fully saturated rings. The zero-order valence-corrected chi connectivity index (χ0v) is 16.1. The number of primary amides is 1. The number of carbonyl (C=O) groups is 2. The van der Waals surface area contributed by atoms with Crippen LogP contribution in [0.5, 0.6) is 5.75 Å². The molecule has 0 unspecified atom stereocenters. The lowest BCUT2D eigenvalue weighted by Crippen LogP contribution is -2.11. The van der Waals surface area contributed by atoms with Gasteiger partial charge in [0.15, 0.2) is 0 Å². The zero-order chi connectivity index (χ0) is 21.7. The number of phenolic OH excluding ortho intramolecular Hbond substituents is 1. The van der Waals surface area contributed by atoms with E-state index in [0.717, 1.165) is 42.7 Å². The van der Waals surface area contributed by atoms with Gasteiger partial charge in [0.25, 0.3) is 0 Å². The van der Waals surface area contributed by atoms with E-state index in [1.807, 2.05) is 11.5 Å². The normalized spacial score (nSPS) is 10.5. The Balaban J connectivity index is 0.000000234. The first-order valence-corrected chi connectivity index (χ1v) is 8.96. The number of carbonyl (C=O) groups excluding carboxylic acids is 1. The SMILES string of the molecule is CCCCn1c(C)c(C(=O)O)c2cc(O)ccc21.NC(=O)c1cc(F)cc(F)c1. The number of hydrogen-bond donors (Lipinski definition) is 3. The Labute approximate surface area is 166 Å². The summed E-state index contributed by atoms with van der Waals surface area (Å²) in [7, 11) is 0. The third kappa shape index (κ3) is 5.10. The molecule has 0 bridgehead atoms. The lowest BCUT2D eigenvalue weighted by molar-refractivity contribution is 0.0697. The second-order valence-corrected chi connectivity index (χ2v) is 6.49. The second kappa shape index (κ2) is 9.18. The molecule has 2 aromatic carbocycles. The smallest absolute Gasteiger partial charge is 0.338 e. The van der Waals surface area contributed by atoms with E-state index in [9.17, 15) is 28.6 Å². The standard InChI is InChI=1S/C14H17NO3.C7H5F2NO/c1-3-4-7-15-9(2)13(14(17)18)11-8-10(16)5-6-12(11)15;8-5-1-4(7(10)11)2-6(9)3-5/h5-6,8,16H,3-4,7H2,1-2H3,(H,17,18);1-3H,(H2,10,11). The van der Waals surface area contributed by atoms with E-state index in [2.05, 4.69) is 6.92 Å². The van der Waals surface area contributed by atoms with E-state index >= 15 is 0 Å². The lowest BCUT2D eigenvalue weighted by Gasteiger charge is -2.07. The third-order valence-corrected chi connectivity index (χ3v) is 4.40. The van der Waals surface area contributed by atoms with Crippen molar-refractivity contribution in [3.05, 3.63) is 64.9 Å². The molecule has 29 heavy (non-hydrogen) atoms. The number of benzene rings is 2. The summed E-state index contributed by atoms with van der Waals surface area (Å²) >= 11 is 0. The number of hydrogen-bond acceptors (Lipinski definition) is 3. The van der Waals surface area contributed by atoms with Crippen molar-refractivity contribution < 1.29 is 28.6 Å². The zero-order valence-electron chi connectivity index (χ0n) is 16.1.